The molecule has 1 heterocycles. The number of likely N-dealkylation sites (N-methyl/N-ethyl adjacent to an activating group) is 1. The first-order valence-corrected chi connectivity index (χ1v) is 6.18. The second-order valence-corrected chi connectivity index (χ2v) is 3.89. The highest BCUT2D eigenvalue weighted by Crippen LogP contribution is 1.95. The molecule has 0 bridgehead atoms. The van der Waals surface area contributed by atoms with E-state index in [0.29, 0.717) is 0 Å². The van der Waals surface area contributed by atoms with Crippen molar-refractivity contribution >= 4 is 0 Å². The lowest BCUT2D eigenvalue weighted by molar-refractivity contribution is 0.303. The molecule has 0 unspecified atom stereocenters. The molecule has 0 atom stereocenters. The Morgan fingerprint density at radius 1 is 1.25 bits per heavy atom. The standard InChI is InChI=1S/C13H23N3/c1-3-16(4-2)11-10-14-9-7-13-6-5-8-15-12-13/h5-6,8,12,14H,3-4,7,9-11H2,1-2H3. The molecule has 0 aromatic carbocycles. The maximum atomic E-state index is 4.10. The van der Waals surface area contributed by atoms with E-state index in [-0.39, 0.29) is 0 Å². The topological polar surface area (TPSA) is 28.2 Å². The van der Waals surface area contributed by atoms with E-state index < -0.39 is 0 Å². The van der Waals surface area contributed by atoms with Gasteiger partial charge in [-0.2, -0.15) is 0 Å². The Morgan fingerprint density at radius 2 is 2.06 bits per heavy atom. The molecule has 1 N–H and O–H groups in total. The molecule has 3 heteroatoms. The van der Waals surface area contributed by atoms with Crippen molar-refractivity contribution in [3.8, 4) is 0 Å². The van der Waals surface area contributed by atoms with E-state index in [9.17, 15) is 0 Å². The monoisotopic (exact) mass is 221 g/mol. The van der Waals surface area contributed by atoms with Crippen LogP contribution in [0.2, 0.25) is 0 Å². The molecule has 0 aliphatic carbocycles. The van der Waals surface area contributed by atoms with E-state index >= 15 is 0 Å². The Kier molecular flexibility index (Phi) is 6.77. The molecule has 90 valence electrons. The van der Waals surface area contributed by atoms with Crippen molar-refractivity contribution < 1.29 is 0 Å². The van der Waals surface area contributed by atoms with Crippen molar-refractivity contribution in [1.29, 1.82) is 0 Å². The Bertz CT molecular complexity index is 257. The van der Waals surface area contributed by atoms with Crippen molar-refractivity contribution in [2.45, 2.75) is 20.3 Å². The van der Waals surface area contributed by atoms with E-state index in [1.807, 2.05) is 18.5 Å². The summed E-state index contributed by atoms with van der Waals surface area (Å²) in [6, 6.07) is 4.12. The van der Waals surface area contributed by atoms with Gasteiger partial charge in [0.15, 0.2) is 0 Å². The molecule has 1 aromatic heterocycles. The number of nitrogens with zero attached hydrogens (tertiary/aromatic N) is 2. The van der Waals surface area contributed by atoms with Crippen molar-refractivity contribution in [1.82, 2.24) is 15.2 Å². The molecule has 1 rings (SSSR count). The van der Waals surface area contributed by atoms with Gasteiger partial charge < -0.3 is 10.2 Å². The van der Waals surface area contributed by atoms with Gasteiger partial charge in [-0.25, -0.2) is 0 Å². The van der Waals surface area contributed by atoms with Crippen LogP contribution < -0.4 is 5.32 Å². The summed E-state index contributed by atoms with van der Waals surface area (Å²) in [5.41, 5.74) is 1.30. The molecular weight excluding hydrogens is 198 g/mol. The molecule has 0 radical (unpaired) electrons. The molecular formula is C13H23N3. The van der Waals surface area contributed by atoms with E-state index in [0.717, 1.165) is 39.1 Å². The lowest BCUT2D eigenvalue weighted by Gasteiger charge is -2.17. The zero-order valence-electron chi connectivity index (χ0n) is 10.4. The van der Waals surface area contributed by atoms with Crippen LogP contribution in [0.4, 0.5) is 0 Å². The molecule has 0 saturated heterocycles. The summed E-state index contributed by atoms with van der Waals surface area (Å²) in [7, 11) is 0. The minimum Gasteiger partial charge on any atom is -0.315 e. The second-order valence-electron chi connectivity index (χ2n) is 3.89. The van der Waals surface area contributed by atoms with Crippen LogP contribution in [0.25, 0.3) is 0 Å². The van der Waals surface area contributed by atoms with Crippen LogP contribution in [0.5, 0.6) is 0 Å². The number of hydrogen-bond donors (Lipinski definition) is 1. The van der Waals surface area contributed by atoms with Crippen LogP contribution in [0.15, 0.2) is 24.5 Å². The van der Waals surface area contributed by atoms with Gasteiger partial charge in [0, 0.05) is 25.5 Å². The first-order chi connectivity index (χ1) is 7.86. The third kappa shape index (κ3) is 5.24. The zero-order valence-corrected chi connectivity index (χ0v) is 10.4. The number of nitrogens with one attached hydrogen (secondary N) is 1. The fraction of sp³-hybridized carbons (Fsp3) is 0.615. The van der Waals surface area contributed by atoms with Crippen LogP contribution in [0.3, 0.4) is 0 Å². The third-order valence-corrected chi connectivity index (χ3v) is 2.81. The Hall–Kier alpha value is -0.930. The lowest BCUT2D eigenvalue weighted by Crippen LogP contribution is -2.32. The highest BCUT2D eigenvalue weighted by Gasteiger charge is 1.97. The molecule has 0 saturated carbocycles. The first kappa shape index (κ1) is 13.1. The van der Waals surface area contributed by atoms with Gasteiger partial charge >= 0.3 is 0 Å². The van der Waals surface area contributed by atoms with Gasteiger partial charge in [-0.1, -0.05) is 19.9 Å². The van der Waals surface area contributed by atoms with Crippen LogP contribution in [0, 0.1) is 0 Å². The maximum absolute atomic E-state index is 4.10. The smallest absolute Gasteiger partial charge is 0.0300 e. The van der Waals surface area contributed by atoms with Crippen molar-refractivity contribution in [2.75, 3.05) is 32.7 Å². The molecule has 0 aliphatic rings. The zero-order chi connectivity index (χ0) is 11.6. The average Bonchev–Trinajstić information content (AvgIpc) is 2.35. The van der Waals surface area contributed by atoms with E-state index in [2.05, 4.69) is 35.1 Å². The number of aromatic nitrogens is 1. The van der Waals surface area contributed by atoms with Gasteiger partial charge in [-0.15, -0.1) is 0 Å². The highest BCUT2D eigenvalue weighted by atomic mass is 15.1. The van der Waals surface area contributed by atoms with Crippen LogP contribution in [-0.2, 0) is 6.42 Å². The predicted octanol–water partition coefficient (Wildman–Crippen LogP) is 1.56. The van der Waals surface area contributed by atoms with Gasteiger partial charge in [-0.3, -0.25) is 4.98 Å². The van der Waals surface area contributed by atoms with Gasteiger partial charge in [0.25, 0.3) is 0 Å². The fourth-order valence-corrected chi connectivity index (χ4v) is 1.68. The van der Waals surface area contributed by atoms with Gasteiger partial charge in [0.2, 0.25) is 0 Å². The van der Waals surface area contributed by atoms with E-state index in [1.54, 1.807) is 0 Å². The number of pyridine rings is 1. The van der Waals surface area contributed by atoms with E-state index in [4.69, 9.17) is 0 Å². The summed E-state index contributed by atoms with van der Waals surface area (Å²) in [6.07, 6.45) is 4.81. The van der Waals surface area contributed by atoms with Crippen LogP contribution >= 0.6 is 0 Å². The SMILES string of the molecule is CCN(CC)CCNCCc1cccnc1. The molecule has 0 aliphatic heterocycles. The Balaban J connectivity index is 2.04. The van der Waals surface area contributed by atoms with Gasteiger partial charge in [0.05, 0.1) is 0 Å². The Labute approximate surface area is 98.9 Å². The molecule has 3 nitrogen and oxygen atoms in total. The normalized spacial score (nSPS) is 10.9. The maximum Gasteiger partial charge on any atom is 0.0300 e. The largest absolute Gasteiger partial charge is 0.315 e. The van der Waals surface area contributed by atoms with Gasteiger partial charge in [-0.05, 0) is 37.7 Å². The quantitative estimate of drug-likeness (QED) is 0.675. The van der Waals surface area contributed by atoms with Crippen LogP contribution in [-0.4, -0.2) is 42.6 Å². The summed E-state index contributed by atoms with van der Waals surface area (Å²) < 4.78 is 0. The summed E-state index contributed by atoms with van der Waals surface area (Å²) >= 11 is 0. The minimum absolute atomic E-state index is 1.03. The predicted molar refractivity (Wildman–Crippen MR) is 68.6 cm³/mol. The fourth-order valence-electron chi connectivity index (χ4n) is 1.68. The minimum atomic E-state index is 1.03. The lowest BCUT2D eigenvalue weighted by atomic mass is 10.2. The second kappa shape index (κ2) is 8.25. The van der Waals surface area contributed by atoms with Crippen LogP contribution in [0.1, 0.15) is 19.4 Å². The summed E-state index contributed by atoms with van der Waals surface area (Å²) in [4.78, 5) is 6.53. The van der Waals surface area contributed by atoms with Crippen molar-refractivity contribution in [2.24, 2.45) is 0 Å². The molecule has 0 fully saturated rings. The Morgan fingerprint density at radius 3 is 2.69 bits per heavy atom. The summed E-state index contributed by atoms with van der Waals surface area (Å²) in [5, 5.41) is 3.46. The number of rotatable bonds is 8. The third-order valence-electron chi connectivity index (χ3n) is 2.81. The summed E-state index contributed by atoms with van der Waals surface area (Å²) in [5.74, 6) is 0. The molecule has 0 amide bonds. The number of hydrogen-bond acceptors (Lipinski definition) is 3. The van der Waals surface area contributed by atoms with Gasteiger partial charge in [0.1, 0.15) is 0 Å². The van der Waals surface area contributed by atoms with E-state index in [1.165, 1.54) is 5.56 Å². The molecule has 0 spiro atoms. The molecule has 16 heavy (non-hydrogen) atoms. The van der Waals surface area contributed by atoms with Crippen molar-refractivity contribution in [3.05, 3.63) is 30.1 Å². The van der Waals surface area contributed by atoms with Crippen molar-refractivity contribution in [3.63, 3.8) is 0 Å². The summed E-state index contributed by atoms with van der Waals surface area (Å²) in [6.45, 7) is 9.94. The molecule has 1 aromatic rings. The average molecular weight is 221 g/mol. The highest BCUT2D eigenvalue weighted by molar-refractivity contribution is 5.08. The first-order valence-electron chi connectivity index (χ1n) is 6.18.